The van der Waals surface area contributed by atoms with Crippen molar-refractivity contribution in [3.8, 4) is 6.07 Å². The summed E-state index contributed by atoms with van der Waals surface area (Å²) >= 11 is 3.12. The van der Waals surface area contributed by atoms with Crippen LogP contribution in [0.4, 0.5) is 0 Å². The standard InChI is InChI=1S/C12H13BrN2O4S/c1-8(12(16)17)7-15(2)20(18,19)11-5-3-4-10(13)9(11)6-14/h3-5,8H,7H2,1-2H3,(H,16,17). The van der Waals surface area contributed by atoms with E-state index in [0.29, 0.717) is 4.47 Å². The van der Waals surface area contributed by atoms with Crippen molar-refractivity contribution in [3.63, 3.8) is 0 Å². The Morgan fingerprint density at radius 3 is 2.65 bits per heavy atom. The summed E-state index contributed by atoms with van der Waals surface area (Å²) in [6.07, 6.45) is 0. The van der Waals surface area contributed by atoms with Crippen molar-refractivity contribution in [2.75, 3.05) is 13.6 Å². The molecule has 0 fully saturated rings. The zero-order valence-electron chi connectivity index (χ0n) is 10.9. The summed E-state index contributed by atoms with van der Waals surface area (Å²) in [5.41, 5.74) is 0.00216. The van der Waals surface area contributed by atoms with Gasteiger partial charge in [0.25, 0.3) is 0 Å². The maximum atomic E-state index is 12.4. The SMILES string of the molecule is CC(CN(C)S(=O)(=O)c1cccc(Br)c1C#N)C(=O)O. The van der Waals surface area contributed by atoms with E-state index in [2.05, 4.69) is 15.9 Å². The summed E-state index contributed by atoms with van der Waals surface area (Å²) in [5, 5.41) is 17.9. The number of rotatable bonds is 5. The molecule has 0 aromatic heterocycles. The molecule has 20 heavy (non-hydrogen) atoms. The number of halogens is 1. The molecule has 1 aromatic rings. The second kappa shape index (κ2) is 6.35. The zero-order chi connectivity index (χ0) is 15.5. The fraction of sp³-hybridized carbons (Fsp3) is 0.333. The highest BCUT2D eigenvalue weighted by atomic mass is 79.9. The maximum Gasteiger partial charge on any atom is 0.307 e. The van der Waals surface area contributed by atoms with Gasteiger partial charge in [-0.2, -0.15) is 5.26 Å². The molecule has 0 radical (unpaired) electrons. The van der Waals surface area contributed by atoms with Crippen molar-refractivity contribution in [1.82, 2.24) is 4.31 Å². The van der Waals surface area contributed by atoms with Crippen LogP contribution in [-0.4, -0.2) is 37.4 Å². The molecule has 0 aliphatic carbocycles. The van der Waals surface area contributed by atoms with Gasteiger partial charge >= 0.3 is 5.97 Å². The molecule has 1 rings (SSSR count). The maximum absolute atomic E-state index is 12.4. The highest BCUT2D eigenvalue weighted by Crippen LogP contribution is 2.25. The number of aliphatic carboxylic acids is 1. The lowest BCUT2D eigenvalue weighted by Crippen LogP contribution is -2.34. The number of nitrogens with zero attached hydrogens (tertiary/aromatic N) is 2. The molecule has 0 aliphatic rings. The van der Waals surface area contributed by atoms with Gasteiger partial charge in [0.05, 0.1) is 11.5 Å². The van der Waals surface area contributed by atoms with Crippen LogP contribution in [0.5, 0.6) is 0 Å². The van der Waals surface area contributed by atoms with Crippen LogP contribution in [-0.2, 0) is 14.8 Å². The lowest BCUT2D eigenvalue weighted by atomic mass is 10.2. The Bertz CT molecular complexity index is 667. The first-order valence-electron chi connectivity index (χ1n) is 5.59. The summed E-state index contributed by atoms with van der Waals surface area (Å²) in [7, 11) is -2.63. The van der Waals surface area contributed by atoms with E-state index in [4.69, 9.17) is 10.4 Å². The normalized spacial score (nSPS) is 12.9. The molecule has 1 N–H and O–H groups in total. The molecule has 0 bridgehead atoms. The van der Waals surface area contributed by atoms with Crippen molar-refractivity contribution in [2.24, 2.45) is 5.92 Å². The highest BCUT2D eigenvalue weighted by Gasteiger charge is 2.27. The fourth-order valence-corrected chi connectivity index (χ4v) is 3.56. The summed E-state index contributed by atoms with van der Waals surface area (Å²) in [6.45, 7) is 1.25. The Kier molecular flexibility index (Phi) is 5.28. The molecule has 8 heteroatoms. The quantitative estimate of drug-likeness (QED) is 0.860. The van der Waals surface area contributed by atoms with Gasteiger partial charge in [0.1, 0.15) is 11.0 Å². The van der Waals surface area contributed by atoms with E-state index in [1.165, 1.54) is 26.1 Å². The fourth-order valence-electron chi connectivity index (χ4n) is 1.56. The topological polar surface area (TPSA) is 98.5 Å². The number of benzene rings is 1. The van der Waals surface area contributed by atoms with E-state index in [9.17, 15) is 13.2 Å². The summed E-state index contributed by atoms with van der Waals surface area (Å²) in [5.74, 6) is -1.92. The number of sulfonamides is 1. The predicted molar refractivity (Wildman–Crippen MR) is 75.5 cm³/mol. The Balaban J connectivity index is 3.22. The predicted octanol–water partition coefficient (Wildman–Crippen LogP) is 1.66. The van der Waals surface area contributed by atoms with Crippen molar-refractivity contribution in [1.29, 1.82) is 5.26 Å². The van der Waals surface area contributed by atoms with E-state index >= 15 is 0 Å². The van der Waals surface area contributed by atoms with Crippen LogP contribution < -0.4 is 0 Å². The van der Waals surface area contributed by atoms with E-state index in [-0.39, 0.29) is 17.0 Å². The van der Waals surface area contributed by atoms with E-state index in [0.717, 1.165) is 4.31 Å². The molecular weight excluding hydrogens is 348 g/mol. The van der Waals surface area contributed by atoms with Gasteiger partial charge in [-0.15, -0.1) is 0 Å². The van der Waals surface area contributed by atoms with Crippen molar-refractivity contribution >= 4 is 31.9 Å². The van der Waals surface area contributed by atoms with Crippen LogP contribution in [0.2, 0.25) is 0 Å². The molecule has 0 amide bonds. The van der Waals surface area contributed by atoms with Crippen molar-refractivity contribution in [2.45, 2.75) is 11.8 Å². The zero-order valence-corrected chi connectivity index (χ0v) is 13.3. The van der Waals surface area contributed by atoms with E-state index in [1.54, 1.807) is 6.07 Å². The molecule has 0 spiro atoms. The Morgan fingerprint density at radius 2 is 2.15 bits per heavy atom. The Morgan fingerprint density at radius 1 is 1.55 bits per heavy atom. The number of carboxylic acid groups (broad SMARTS) is 1. The second-order valence-corrected chi connectivity index (χ2v) is 7.12. The molecule has 0 heterocycles. The average molecular weight is 361 g/mol. The Labute approximate surface area is 125 Å². The number of carboxylic acids is 1. The minimum atomic E-state index is -3.92. The molecule has 108 valence electrons. The number of hydrogen-bond donors (Lipinski definition) is 1. The van der Waals surface area contributed by atoms with Gasteiger partial charge in [0.15, 0.2) is 0 Å². The molecule has 1 atom stereocenters. The number of carbonyl (C=O) groups is 1. The Hall–Kier alpha value is -1.43. The van der Waals surface area contributed by atoms with E-state index in [1.807, 2.05) is 6.07 Å². The molecule has 6 nitrogen and oxygen atoms in total. The minimum Gasteiger partial charge on any atom is -0.481 e. The third kappa shape index (κ3) is 3.36. The third-order valence-electron chi connectivity index (χ3n) is 2.73. The van der Waals surface area contributed by atoms with Gasteiger partial charge in [0, 0.05) is 18.1 Å². The first kappa shape index (κ1) is 16.6. The first-order valence-corrected chi connectivity index (χ1v) is 7.83. The van der Waals surface area contributed by atoms with Crippen LogP contribution in [0.1, 0.15) is 12.5 Å². The second-order valence-electron chi connectivity index (χ2n) is 4.25. The summed E-state index contributed by atoms with van der Waals surface area (Å²) in [4.78, 5) is 10.7. The van der Waals surface area contributed by atoms with Gasteiger partial charge in [-0.25, -0.2) is 12.7 Å². The third-order valence-corrected chi connectivity index (χ3v) is 5.25. The van der Waals surface area contributed by atoms with Crippen molar-refractivity contribution in [3.05, 3.63) is 28.2 Å². The summed E-state index contributed by atoms with van der Waals surface area (Å²) in [6, 6.07) is 6.23. The molecule has 0 saturated carbocycles. The molecule has 1 unspecified atom stereocenters. The number of hydrogen-bond acceptors (Lipinski definition) is 4. The van der Waals surface area contributed by atoms with Gasteiger partial charge in [-0.05, 0) is 28.1 Å². The molecule has 0 aliphatic heterocycles. The van der Waals surface area contributed by atoms with Gasteiger partial charge < -0.3 is 5.11 Å². The lowest BCUT2D eigenvalue weighted by Gasteiger charge is -2.20. The smallest absolute Gasteiger partial charge is 0.307 e. The largest absolute Gasteiger partial charge is 0.481 e. The van der Waals surface area contributed by atoms with Crippen LogP contribution >= 0.6 is 15.9 Å². The number of nitriles is 1. The van der Waals surface area contributed by atoms with Crippen LogP contribution in [0.15, 0.2) is 27.6 Å². The van der Waals surface area contributed by atoms with Crippen molar-refractivity contribution < 1.29 is 18.3 Å². The molecule has 1 aromatic carbocycles. The summed E-state index contributed by atoms with van der Waals surface area (Å²) < 4.78 is 26.1. The van der Waals surface area contributed by atoms with E-state index < -0.39 is 21.9 Å². The van der Waals surface area contributed by atoms with Crippen LogP contribution in [0, 0.1) is 17.2 Å². The average Bonchev–Trinajstić information content (AvgIpc) is 2.37. The van der Waals surface area contributed by atoms with Gasteiger partial charge in [-0.1, -0.05) is 13.0 Å². The van der Waals surface area contributed by atoms with Gasteiger partial charge in [-0.3, -0.25) is 4.79 Å². The highest BCUT2D eigenvalue weighted by molar-refractivity contribution is 9.10. The monoisotopic (exact) mass is 360 g/mol. The lowest BCUT2D eigenvalue weighted by molar-refractivity contribution is -0.141. The molecular formula is C12H13BrN2O4S. The minimum absolute atomic E-state index is 0.00216. The molecule has 0 saturated heterocycles. The van der Waals surface area contributed by atoms with Gasteiger partial charge in [0.2, 0.25) is 10.0 Å². The van der Waals surface area contributed by atoms with Crippen LogP contribution in [0.3, 0.4) is 0 Å². The first-order chi connectivity index (χ1) is 9.21. The van der Waals surface area contributed by atoms with Crippen LogP contribution in [0.25, 0.3) is 0 Å².